The van der Waals surface area contributed by atoms with Gasteiger partial charge in [0, 0.05) is 24.4 Å². The van der Waals surface area contributed by atoms with Crippen LogP contribution in [0, 0.1) is 5.82 Å². The fourth-order valence-electron chi connectivity index (χ4n) is 4.23. The number of halogens is 1. The van der Waals surface area contributed by atoms with E-state index in [1.807, 2.05) is 24.3 Å². The molecule has 2 heterocycles. The van der Waals surface area contributed by atoms with Crippen LogP contribution in [0.25, 0.3) is 6.08 Å². The molecule has 0 aromatic heterocycles. The second-order valence-corrected chi connectivity index (χ2v) is 7.90. The summed E-state index contributed by atoms with van der Waals surface area (Å²) in [5.41, 5.74) is 5.47. The molecule has 2 aromatic carbocycles. The van der Waals surface area contributed by atoms with Crippen LogP contribution in [0.5, 0.6) is 0 Å². The highest BCUT2D eigenvalue weighted by molar-refractivity contribution is 6.11. The molecule has 0 atom stereocenters. The maximum absolute atomic E-state index is 13.2. The number of esters is 1. The first-order valence-electron chi connectivity index (χ1n) is 10.8. The minimum atomic E-state index is -0.487. The molecule has 0 radical (unpaired) electrons. The van der Waals surface area contributed by atoms with Crippen LogP contribution in [0.1, 0.15) is 24.0 Å². The Morgan fingerprint density at radius 3 is 2.44 bits per heavy atom. The van der Waals surface area contributed by atoms with E-state index < -0.39 is 5.97 Å². The van der Waals surface area contributed by atoms with Gasteiger partial charge in [-0.2, -0.15) is 0 Å². The summed E-state index contributed by atoms with van der Waals surface area (Å²) in [6.45, 7) is 2.98. The Balaban J connectivity index is 1.52. The lowest BCUT2D eigenvalue weighted by Gasteiger charge is -2.31. The molecular weight excluding hydrogens is 407 g/mol. The molecule has 5 rings (SSSR count). The lowest BCUT2D eigenvalue weighted by molar-refractivity contribution is -0.130. The van der Waals surface area contributed by atoms with E-state index in [-0.39, 0.29) is 17.4 Å². The van der Waals surface area contributed by atoms with Gasteiger partial charge in [0.1, 0.15) is 5.82 Å². The van der Waals surface area contributed by atoms with Crippen molar-refractivity contribution in [2.75, 3.05) is 26.3 Å². The van der Waals surface area contributed by atoms with Gasteiger partial charge >= 0.3 is 5.97 Å². The molecule has 3 aliphatic rings. The van der Waals surface area contributed by atoms with Crippen molar-refractivity contribution < 1.29 is 18.7 Å². The van der Waals surface area contributed by atoms with Gasteiger partial charge in [0.2, 0.25) is 5.90 Å². The third-order valence-corrected chi connectivity index (χ3v) is 5.76. The summed E-state index contributed by atoms with van der Waals surface area (Å²) < 4.78 is 24.1. The summed E-state index contributed by atoms with van der Waals surface area (Å²) in [6.07, 6.45) is 5.78. The molecule has 162 valence electrons. The highest BCUT2D eigenvalue weighted by atomic mass is 19.1. The Bertz CT molecular complexity index is 1140. The number of benzene rings is 2. The van der Waals surface area contributed by atoms with Gasteiger partial charge in [0.15, 0.2) is 5.70 Å². The van der Waals surface area contributed by atoms with E-state index in [2.05, 4.69) is 28.1 Å². The number of ether oxygens (including phenoxy) is 2. The fourth-order valence-corrected chi connectivity index (χ4v) is 4.23. The number of nitrogens with zero attached hydrogens (tertiary/aromatic N) is 2. The quantitative estimate of drug-likeness (QED) is 0.530. The SMILES string of the molecule is O=C1OC(c2ccc(F)cc2)=NC1=CC1=C(N2CCOCC2)C(=Cc2ccccc2)CC1. The van der Waals surface area contributed by atoms with Gasteiger partial charge in [0.05, 0.1) is 13.2 Å². The van der Waals surface area contributed by atoms with Crippen LogP contribution in [-0.4, -0.2) is 43.1 Å². The standard InChI is InChI=1S/C26H23FN2O3/c27-22-10-8-19(9-11-22)25-28-23(26(30)32-25)17-21-7-6-20(16-18-4-2-1-3-5-18)24(21)29-12-14-31-15-13-29/h1-5,8-11,16-17H,6-7,12-15H2. The predicted molar refractivity (Wildman–Crippen MR) is 120 cm³/mol. The average molecular weight is 430 g/mol. The summed E-state index contributed by atoms with van der Waals surface area (Å²) in [4.78, 5) is 19.3. The number of morpholine rings is 1. The number of carbonyl (C=O) groups is 1. The van der Waals surface area contributed by atoms with Gasteiger partial charge in [-0.25, -0.2) is 14.2 Å². The molecule has 0 saturated carbocycles. The zero-order valence-corrected chi connectivity index (χ0v) is 17.6. The van der Waals surface area contributed by atoms with E-state index in [1.54, 1.807) is 12.1 Å². The van der Waals surface area contributed by atoms with Crippen LogP contribution in [0.15, 0.2) is 88.2 Å². The third kappa shape index (κ3) is 4.27. The molecule has 0 spiro atoms. The molecule has 0 unspecified atom stereocenters. The van der Waals surface area contributed by atoms with Gasteiger partial charge in [-0.3, -0.25) is 0 Å². The van der Waals surface area contributed by atoms with Gasteiger partial charge in [-0.15, -0.1) is 0 Å². The van der Waals surface area contributed by atoms with Gasteiger partial charge in [0.25, 0.3) is 0 Å². The third-order valence-electron chi connectivity index (χ3n) is 5.76. The molecule has 2 aliphatic heterocycles. The monoisotopic (exact) mass is 430 g/mol. The van der Waals surface area contributed by atoms with Crippen LogP contribution in [0.3, 0.4) is 0 Å². The van der Waals surface area contributed by atoms with Gasteiger partial charge < -0.3 is 14.4 Å². The van der Waals surface area contributed by atoms with E-state index in [1.165, 1.54) is 17.7 Å². The summed E-state index contributed by atoms with van der Waals surface area (Å²) in [7, 11) is 0. The van der Waals surface area contributed by atoms with Crippen molar-refractivity contribution in [3.8, 4) is 0 Å². The smallest absolute Gasteiger partial charge is 0.363 e. The molecule has 1 aliphatic carbocycles. The van der Waals surface area contributed by atoms with Crippen LogP contribution < -0.4 is 0 Å². The molecule has 2 aromatic rings. The first-order valence-corrected chi connectivity index (χ1v) is 10.8. The summed E-state index contributed by atoms with van der Waals surface area (Å²) in [5, 5.41) is 0. The Morgan fingerprint density at radius 2 is 1.69 bits per heavy atom. The normalized spacial score (nSPS) is 21.5. The van der Waals surface area contributed by atoms with E-state index in [4.69, 9.17) is 9.47 Å². The summed E-state index contributed by atoms with van der Waals surface area (Å²) in [6, 6.07) is 16.0. The second kappa shape index (κ2) is 8.93. The van der Waals surface area contributed by atoms with Crippen molar-refractivity contribution in [2.24, 2.45) is 4.99 Å². The molecule has 0 amide bonds. The van der Waals surface area contributed by atoms with Gasteiger partial charge in [-0.05, 0) is 66.0 Å². The number of aliphatic imine (C=N–C) groups is 1. The minimum Gasteiger partial charge on any atom is -0.402 e. The molecule has 5 nitrogen and oxygen atoms in total. The fraction of sp³-hybridized carbons (Fsp3) is 0.231. The largest absolute Gasteiger partial charge is 0.402 e. The highest BCUT2D eigenvalue weighted by Crippen LogP contribution is 2.37. The second-order valence-electron chi connectivity index (χ2n) is 7.90. The number of allylic oxidation sites excluding steroid dienone is 3. The summed E-state index contributed by atoms with van der Waals surface area (Å²) in [5.74, 6) is -0.634. The molecule has 0 N–H and O–H groups in total. The van der Waals surface area contributed by atoms with Crippen molar-refractivity contribution in [3.63, 3.8) is 0 Å². The maximum atomic E-state index is 13.2. The molecule has 32 heavy (non-hydrogen) atoms. The van der Waals surface area contributed by atoms with Gasteiger partial charge in [-0.1, -0.05) is 30.3 Å². The van der Waals surface area contributed by atoms with Crippen molar-refractivity contribution in [1.82, 2.24) is 4.90 Å². The highest BCUT2D eigenvalue weighted by Gasteiger charge is 2.29. The van der Waals surface area contributed by atoms with Crippen molar-refractivity contribution in [3.05, 3.63) is 100 Å². The van der Waals surface area contributed by atoms with E-state index in [9.17, 15) is 9.18 Å². The molecule has 0 bridgehead atoms. The van der Waals surface area contributed by atoms with Crippen LogP contribution in [-0.2, 0) is 14.3 Å². The zero-order chi connectivity index (χ0) is 21.9. The van der Waals surface area contributed by atoms with Crippen LogP contribution in [0.4, 0.5) is 4.39 Å². The van der Waals surface area contributed by atoms with E-state index in [0.29, 0.717) is 18.8 Å². The topological polar surface area (TPSA) is 51.1 Å². The zero-order valence-electron chi connectivity index (χ0n) is 17.6. The first kappa shape index (κ1) is 20.4. The van der Waals surface area contributed by atoms with Crippen molar-refractivity contribution >= 4 is 17.9 Å². The average Bonchev–Trinajstić information content (AvgIpc) is 3.39. The van der Waals surface area contributed by atoms with E-state index in [0.717, 1.165) is 42.8 Å². The van der Waals surface area contributed by atoms with E-state index >= 15 is 0 Å². The molecular formula is C26H23FN2O3. The molecule has 1 saturated heterocycles. The molecule has 1 fully saturated rings. The minimum absolute atomic E-state index is 0.202. The lowest BCUT2D eigenvalue weighted by Crippen LogP contribution is -2.36. The number of cyclic esters (lactones) is 1. The molecule has 6 heteroatoms. The number of rotatable bonds is 4. The number of hydrogen-bond donors (Lipinski definition) is 0. The predicted octanol–water partition coefficient (Wildman–Crippen LogP) is 4.48. The first-order chi connectivity index (χ1) is 15.7. The Labute approximate surface area is 186 Å². The van der Waals surface area contributed by atoms with Crippen molar-refractivity contribution in [1.29, 1.82) is 0 Å². The van der Waals surface area contributed by atoms with Crippen molar-refractivity contribution in [2.45, 2.75) is 12.8 Å². The Morgan fingerprint density at radius 1 is 0.938 bits per heavy atom. The van der Waals surface area contributed by atoms with Crippen LogP contribution in [0.2, 0.25) is 0 Å². The number of carbonyl (C=O) groups excluding carboxylic acids is 1. The Kier molecular flexibility index (Phi) is 5.69. The lowest BCUT2D eigenvalue weighted by atomic mass is 10.1. The summed E-state index contributed by atoms with van der Waals surface area (Å²) >= 11 is 0. The van der Waals surface area contributed by atoms with Crippen LogP contribution >= 0.6 is 0 Å². The maximum Gasteiger partial charge on any atom is 0.363 e. The Hall–Kier alpha value is -3.51. The number of hydrogen-bond acceptors (Lipinski definition) is 5.